The zero-order valence-corrected chi connectivity index (χ0v) is 11.8. The van der Waals surface area contributed by atoms with E-state index < -0.39 is 0 Å². The molecule has 1 aliphatic rings. The zero-order chi connectivity index (χ0) is 12.1. The number of piperidine rings is 1. The normalized spacial score (nSPS) is 17.4. The SMILES string of the molecule is CCOC1CCN(c2ncccc2CBr)CC1. The molecule has 1 aromatic rings. The van der Waals surface area contributed by atoms with Crippen molar-refractivity contribution in [2.75, 3.05) is 24.6 Å². The fourth-order valence-corrected chi connectivity index (χ4v) is 2.73. The van der Waals surface area contributed by atoms with Gasteiger partial charge >= 0.3 is 0 Å². The lowest BCUT2D eigenvalue weighted by Crippen LogP contribution is -2.38. The minimum atomic E-state index is 0.437. The molecule has 3 nitrogen and oxygen atoms in total. The van der Waals surface area contributed by atoms with E-state index in [0.717, 1.165) is 43.7 Å². The fraction of sp³-hybridized carbons (Fsp3) is 0.615. The van der Waals surface area contributed by atoms with E-state index in [1.165, 1.54) is 5.56 Å². The van der Waals surface area contributed by atoms with E-state index in [1.54, 1.807) is 0 Å². The van der Waals surface area contributed by atoms with Gasteiger partial charge in [0.1, 0.15) is 5.82 Å². The Balaban J connectivity index is 2.00. The van der Waals surface area contributed by atoms with Crippen LogP contribution >= 0.6 is 15.9 Å². The lowest BCUT2D eigenvalue weighted by Gasteiger charge is -2.33. The predicted octanol–water partition coefficient (Wildman–Crippen LogP) is 2.98. The summed E-state index contributed by atoms with van der Waals surface area (Å²) in [7, 11) is 0. The van der Waals surface area contributed by atoms with Crippen LogP contribution < -0.4 is 4.90 Å². The molecule has 4 heteroatoms. The molecule has 0 radical (unpaired) electrons. The zero-order valence-electron chi connectivity index (χ0n) is 10.2. The van der Waals surface area contributed by atoms with Crippen LogP contribution in [-0.2, 0) is 10.1 Å². The fourth-order valence-electron chi connectivity index (χ4n) is 2.29. The van der Waals surface area contributed by atoms with E-state index in [2.05, 4.69) is 38.8 Å². The van der Waals surface area contributed by atoms with Crippen molar-refractivity contribution in [1.82, 2.24) is 4.98 Å². The molecule has 0 unspecified atom stereocenters. The first kappa shape index (κ1) is 12.8. The van der Waals surface area contributed by atoms with Crippen molar-refractivity contribution in [3.05, 3.63) is 23.9 Å². The van der Waals surface area contributed by atoms with Crippen LogP contribution in [0.25, 0.3) is 0 Å². The van der Waals surface area contributed by atoms with Gasteiger partial charge < -0.3 is 9.64 Å². The lowest BCUT2D eigenvalue weighted by atomic mass is 10.1. The number of rotatable bonds is 4. The molecule has 2 rings (SSSR count). The van der Waals surface area contributed by atoms with E-state index in [4.69, 9.17) is 4.74 Å². The smallest absolute Gasteiger partial charge is 0.132 e. The summed E-state index contributed by atoms with van der Waals surface area (Å²) in [6, 6.07) is 4.12. The molecule has 1 aliphatic heterocycles. The minimum absolute atomic E-state index is 0.437. The van der Waals surface area contributed by atoms with Gasteiger partial charge in [-0.2, -0.15) is 0 Å². The van der Waals surface area contributed by atoms with Crippen LogP contribution in [0.4, 0.5) is 5.82 Å². The molecule has 0 saturated carbocycles. The molecule has 1 aromatic heterocycles. The Hall–Kier alpha value is -0.610. The van der Waals surface area contributed by atoms with Crippen LogP contribution in [0.2, 0.25) is 0 Å². The predicted molar refractivity (Wildman–Crippen MR) is 73.7 cm³/mol. The molecule has 0 atom stereocenters. The first-order chi connectivity index (χ1) is 8.35. The van der Waals surface area contributed by atoms with Crippen molar-refractivity contribution >= 4 is 21.7 Å². The van der Waals surface area contributed by atoms with E-state index in [-0.39, 0.29) is 0 Å². The average Bonchev–Trinajstić information content (AvgIpc) is 2.40. The van der Waals surface area contributed by atoms with Gasteiger partial charge in [-0.25, -0.2) is 4.98 Å². The van der Waals surface area contributed by atoms with E-state index >= 15 is 0 Å². The van der Waals surface area contributed by atoms with Crippen molar-refractivity contribution in [3.63, 3.8) is 0 Å². The van der Waals surface area contributed by atoms with Crippen molar-refractivity contribution in [2.45, 2.75) is 31.2 Å². The van der Waals surface area contributed by atoms with Crippen molar-refractivity contribution in [1.29, 1.82) is 0 Å². The summed E-state index contributed by atoms with van der Waals surface area (Å²) in [6.07, 6.45) is 4.52. The number of ether oxygens (including phenoxy) is 1. The van der Waals surface area contributed by atoms with Crippen LogP contribution in [0, 0.1) is 0 Å². The lowest BCUT2D eigenvalue weighted by molar-refractivity contribution is 0.0458. The molecule has 1 saturated heterocycles. The highest BCUT2D eigenvalue weighted by atomic mass is 79.9. The van der Waals surface area contributed by atoms with Crippen LogP contribution in [0.5, 0.6) is 0 Å². The Morgan fingerprint density at radius 2 is 2.24 bits per heavy atom. The quantitative estimate of drug-likeness (QED) is 0.799. The summed E-state index contributed by atoms with van der Waals surface area (Å²) in [5.41, 5.74) is 1.27. The second kappa shape index (κ2) is 6.36. The molecule has 2 heterocycles. The molecule has 0 amide bonds. The van der Waals surface area contributed by atoms with Crippen LogP contribution in [0.15, 0.2) is 18.3 Å². The summed E-state index contributed by atoms with van der Waals surface area (Å²) in [6.45, 7) is 4.97. The summed E-state index contributed by atoms with van der Waals surface area (Å²) >= 11 is 3.52. The third-order valence-corrected chi connectivity index (χ3v) is 3.76. The van der Waals surface area contributed by atoms with Gasteiger partial charge in [0, 0.05) is 36.8 Å². The Bertz CT molecular complexity index is 351. The van der Waals surface area contributed by atoms with E-state index in [1.807, 2.05) is 12.3 Å². The number of pyridine rings is 1. The Morgan fingerprint density at radius 1 is 1.47 bits per heavy atom. The van der Waals surface area contributed by atoms with Crippen LogP contribution in [0.1, 0.15) is 25.3 Å². The molecule has 17 heavy (non-hydrogen) atoms. The van der Waals surface area contributed by atoms with Gasteiger partial charge in [0.05, 0.1) is 6.10 Å². The number of anilines is 1. The number of hydrogen-bond acceptors (Lipinski definition) is 3. The van der Waals surface area contributed by atoms with Gasteiger partial charge in [0.15, 0.2) is 0 Å². The second-order valence-electron chi connectivity index (χ2n) is 4.26. The molecule has 1 fully saturated rings. The molecular formula is C13H19BrN2O. The summed E-state index contributed by atoms with van der Waals surface area (Å²) in [5, 5.41) is 0.863. The minimum Gasteiger partial charge on any atom is -0.378 e. The third kappa shape index (κ3) is 3.19. The number of alkyl halides is 1. The van der Waals surface area contributed by atoms with E-state index in [9.17, 15) is 0 Å². The summed E-state index contributed by atoms with van der Waals surface area (Å²) in [4.78, 5) is 6.87. The average molecular weight is 299 g/mol. The number of nitrogens with zero attached hydrogens (tertiary/aromatic N) is 2. The highest BCUT2D eigenvalue weighted by Gasteiger charge is 2.21. The van der Waals surface area contributed by atoms with Gasteiger partial charge in [0.25, 0.3) is 0 Å². The molecule has 0 N–H and O–H groups in total. The maximum atomic E-state index is 5.67. The van der Waals surface area contributed by atoms with Crippen molar-refractivity contribution in [3.8, 4) is 0 Å². The number of hydrogen-bond donors (Lipinski definition) is 0. The first-order valence-corrected chi connectivity index (χ1v) is 7.33. The Morgan fingerprint density at radius 3 is 2.88 bits per heavy atom. The third-order valence-electron chi connectivity index (χ3n) is 3.16. The topological polar surface area (TPSA) is 25.4 Å². The van der Waals surface area contributed by atoms with Gasteiger partial charge in [0.2, 0.25) is 0 Å². The molecule has 0 spiro atoms. The van der Waals surface area contributed by atoms with Gasteiger partial charge in [-0.3, -0.25) is 0 Å². The number of halogens is 1. The van der Waals surface area contributed by atoms with Crippen molar-refractivity contribution < 1.29 is 4.74 Å². The van der Waals surface area contributed by atoms with Crippen LogP contribution in [0.3, 0.4) is 0 Å². The van der Waals surface area contributed by atoms with Gasteiger partial charge in [-0.05, 0) is 25.8 Å². The largest absolute Gasteiger partial charge is 0.378 e. The number of aromatic nitrogens is 1. The molecule has 0 aliphatic carbocycles. The maximum Gasteiger partial charge on any atom is 0.132 e. The standard InChI is InChI=1S/C13H19BrN2O/c1-2-17-12-5-8-16(9-6-12)13-11(10-14)4-3-7-15-13/h3-4,7,12H,2,5-6,8-10H2,1H3. The highest BCUT2D eigenvalue weighted by molar-refractivity contribution is 9.08. The molecule has 0 aromatic carbocycles. The van der Waals surface area contributed by atoms with E-state index in [0.29, 0.717) is 6.10 Å². The Kier molecular flexibility index (Phi) is 4.80. The summed E-state index contributed by atoms with van der Waals surface area (Å²) < 4.78 is 5.67. The molecule has 0 bridgehead atoms. The summed E-state index contributed by atoms with van der Waals surface area (Å²) in [5.74, 6) is 1.12. The monoisotopic (exact) mass is 298 g/mol. The first-order valence-electron chi connectivity index (χ1n) is 6.21. The highest BCUT2D eigenvalue weighted by Crippen LogP contribution is 2.24. The van der Waals surface area contributed by atoms with Gasteiger partial charge in [-0.15, -0.1) is 0 Å². The second-order valence-corrected chi connectivity index (χ2v) is 4.82. The van der Waals surface area contributed by atoms with Crippen LogP contribution in [-0.4, -0.2) is 30.8 Å². The maximum absolute atomic E-state index is 5.67. The van der Waals surface area contributed by atoms with Crippen molar-refractivity contribution in [2.24, 2.45) is 0 Å². The Labute approximate surface area is 111 Å². The molecule has 94 valence electrons. The van der Waals surface area contributed by atoms with Gasteiger partial charge in [-0.1, -0.05) is 22.0 Å². The molecular weight excluding hydrogens is 280 g/mol.